The number of benzene rings is 1. The van der Waals surface area contributed by atoms with E-state index in [1.807, 2.05) is 0 Å². The molecule has 1 heterocycles. The summed E-state index contributed by atoms with van der Waals surface area (Å²) in [4.78, 5) is 7.91. The van der Waals surface area contributed by atoms with Crippen LogP contribution in [0, 0.1) is 0 Å². The van der Waals surface area contributed by atoms with Gasteiger partial charge in [-0.05, 0) is 29.8 Å². The van der Waals surface area contributed by atoms with E-state index in [2.05, 4.69) is 36.0 Å². The van der Waals surface area contributed by atoms with E-state index in [1.165, 1.54) is 12.1 Å². The van der Waals surface area contributed by atoms with Gasteiger partial charge in [-0.1, -0.05) is 15.9 Å². The molecule has 0 radical (unpaired) electrons. The fourth-order valence-corrected chi connectivity index (χ4v) is 2.01. The van der Waals surface area contributed by atoms with Crippen LogP contribution in [-0.4, -0.2) is 16.3 Å². The van der Waals surface area contributed by atoms with Gasteiger partial charge in [0.2, 0.25) is 5.95 Å². The maximum Gasteiger partial charge on any atom is 0.573 e. The Hall–Kier alpha value is -1.83. The molecule has 2 aromatic rings. The summed E-state index contributed by atoms with van der Waals surface area (Å²) in [5.41, 5.74) is 0.603. The number of halogens is 4. The van der Waals surface area contributed by atoms with Crippen molar-refractivity contribution in [1.29, 1.82) is 0 Å². The van der Waals surface area contributed by atoms with E-state index in [-0.39, 0.29) is 12.3 Å². The van der Waals surface area contributed by atoms with E-state index in [4.69, 9.17) is 0 Å². The zero-order chi connectivity index (χ0) is 14.6. The van der Waals surface area contributed by atoms with Gasteiger partial charge in [-0.2, -0.15) is 0 Å². The molecule has 0 saturated carbocycles. The van der Waals surface area contributed by atoms with Crippen LogP contribution in [0.3, 0.4) is 0 Å². The number of nitrogens with one attached hydrogen (secondary N) is 1. The Balaban J connectivity index is 2.08. The summed E-state index contributed by atoms with van der Waals surface area (Å²) < 4.78 is 40.9. The number of anilines is 1. The molecule has 0 atom stereocenters. The Morgan fingerprint density at radius 2 is 1.85 bits per heavy atom. The minimum atomic E-state index is -4.71. The third kappa shape index (κ3) is 4.69. The van der Waals surface area contributed by atoms with Gasteiger partial charge in [0.05, 0.1) is 0 Å². The molecule has 1 N–H and O–H groups in total. The molecule has 106 valence electrons. The van der Waals surface area contributed by atoms with Gasteiger partial charge in [0.15, 0.2) is 0 Å². The second kappa shape index (κ2) is 6.08. The Morgan fingerprint density at radius 1 is 1.15 bits per heavy atom. The fraction of sp³-hybridized carbons (Fsp3) is 0.167. The van der Waals surface area contributed by atoms with Crippen molar-refractivity contribution in [2.24, 2.45) is 0 Å². The summed E-state index contributed by atoms with van der Waals surface area (Å²) in [5.74, 6) is 0.114. The largest absolute Gasteiger partial charge is 0.573 e. The first kappa shape index (κ1) is 14.6. The van der Waals surface area contributed by atoms with Crippen LogP contribution in [0.2, 0.25) is 0 Å². The monoisotopic (exact) mass is 347 g/mol. The third-order valence-electron chi connectivity index (χ3n) is 2.18. The molecule has 0 aliphatic heterocycles. The summed E-state index contributed by atoms with van der Waals surface area (Å²) in [5, 5.41) is 2.90. The lowest BCUT2D eigenvalue weighted by Gasteiger charge is -2.11. The second-order valence-electron chi connectivity index (χ2n) is 3.77. The third-order valence-corrected chi connectivity index (χ3v) is 2.64. The molecule has 0 fully saturated rings. The minimum absolute atomic E-state index is 0.275. The minimum Gasteiger partial charge on any atom is -0.406 e. The number of ether oxygens (including phenoxy) is 1. The molecule has 0 aliphatic carbocycles. The van der Waals surface area contributed by atoms with Gasteiger partial charge in [0.25, 0.3) is 0 Å². The van der Waals surface area contributed by atoms with Crippen molar-refractivity contribution in [2.75, 3.05) is 5.32 Å². The average Bonchev–Trinajstić information content (AvgIpc) is 2.35. The van der Waals surface area contributed by atoms with Crippen LogP contribution in [0.1, 0.15) is 5.56 Å². The molecule has 0 saturated heterocycles. The first-order valence-corrected chi connectivity index (χ1v) is 6.28. The predicted molar refractivity (Wildman–Crippen MR) is 70.2 cm³/mol. The van der Waals surface area contributed by atoms with Crippen LogP contribution in [0.4, 0.5) is 19.1 Å². The van der Waals surface area contributed by atoms with Crippen molar-refractivity contribution >= 4 is 21.9 Å². The first-order valence-electron chi connectivity index (χ1n) is 5.48. The molecule has 0 spiro atoms. The highest BCUT2D eigenvalue weighted by Gasteiger charge is 2.31. The van der Waals surface area contributed by atoms with Gasteiger partial charge >= 0.3 is 6.36 Å². The molecule has 0 unspecified atom stereocenters. The topological polar surface area (TPSA) is 47.0 Å². The van der Waals surface area contributed by atoms with Gasteiger partial charge in [-0.25, -0.2) is 9.97 Å². The Morgan fingerprint density at radius 3 is 2.50 bits per heavy atom. The molecular weight excluding hydrogens is 339 g/mol. The summed E-state index contributed by atoms with van der Waals surface area (Å²) >= 11 is 3.14. The van der Waals surface area contributed by atoms with Crippen molar-refractivity contribution in [3.05, 3.63) is 46.7 Å². The van der Waals surface area contributed by atoms with Crippen LogP contribution in [0.25, 0.3) is 0 Å². The summed E-state index contributed by atoms with van der Waals surface area (Å²) in [7, 11) is 0. The van der Waals surface area contributed by atoms with E-state index in [1.54, 1.807) is 24.5 Å². The summed E-state index contributed by atoms with van der Waals surface area (Å²) in [6.07, 6.45) is -1.59. The van der Waals surface area contributed by atoms with Crippen molar-refractivity contribution in [3.63, 3.8) is 0 Å². The molecular formula is C12H9BrF3N3O. The molecule has 20 heavy (non-hydrogen) atoms. The lowest BCUT2D eigenvalue weighted by Crippen LogP contribution is -2.17. The maximum absolute atomic E-state index is 12.2. The quantitative estimate of drug-likeness (QED) is 0.914. The summed E-state index contributed by atoms with van der Waals surface area (Å²) in [6.45, 7) is 0.275. The standard InChI is InChI=1S/C12H9BrF3N3O/c13-9-4-8(5-10(6-9)20-12(14,15)16)7-19-11-17-2-1-3-18-11/h1-6H,7H2,(H,17,18,19). The van der Waals surface area contributed by atoms with E-state index >= 15 is 0 Å². The van der Waals surface area contributed by atoms with Crippen LogP contribution in [-0.2, 0) is 6.54 Å². The van der Waals surface area contributed by atoms with E-state index in [9.17, 15) is 13.2 Å². The van der Waals surface area contributed by atoms with Crippen LogP contribution >= 0.6 is 15.9 Å². The van der Waals surface area contributed by atoms with Crippen molar-refractivity contribution in [1.82, 2.24) is 9.97 Å². The van der Waals surface area contributed by atoms with Crippen LogP contribution < -0.4 is 10.1 Å². The number of hydrogen-bond donors (Lipinski definition) is 1. The molecule has 8 heteroatoms. The number of nitrogens with zero attached hydrogens (tertiary/aromatic N) is 2. The van der Waals surface area contributed by atoms with E-state index < -0.39 is 6.36 Å². The Bertz CT molecular complexity index is 578. The van der Waals surface area contributed by atoms with Crippen LogP contribution in [0.15, 0.2) is 41.1 Å². The zero-order valence-electron chi connectivity index (χ0n) is 9.99. The maximum atomic E-state index is 12.2. The van der Waals surface area contributed by atoms with Gasteiger partial charge in [-0.3, -0.25) is 0 Å². The molecule has 2 rings (SSSR count). The lowest BCUT2D eigenvalue weighted by atomic mass is 10.2. The van der Waals surface area contributed by atoms with Gasteiger partial charge in [0, 0.05) is 23.4 Å². The smallest absolute Gasteiger partial charge is 0.406 e. The zero-order valence-corrected chi connectivity index (χ0v) is 11.6. The molecule has 4 nitrogen and oxygen atoms in total. The highest BCUT2D eigenvalue weighted by Crippen LogP contribution is 2.27. The fourth-order valence-electron chi connectivity index (χ4n) is 1.49. The van der Waals surface area contributed by atoms with Gasteiger partial charge in [-0.15, -0.1) is 13.2 Å². The first-order chi connectivity index (χ1) is 9.42. The molecule has 0 aliphatic rings. The van der Waals surface area contributed by atoms with Crippen molar-refractivity contribution < 1.29 is 17.9 Å². The van der Waals surface area contributed by atoms with E-state index in [0.29, 0.717) is 16.0 Å². The van der Waals surface area contributed by atoms with Crippen molar-refractivity contribution in [2.45, 2.75) is 12.9 Å². The highest BCUT2D eigenvalue weighted by atomic mass is 79.9. The lowest BCUT2D eigenvalue weighted by molar-refractivity contribution is -0.274. The second-order valence-corrected chi connectivity index (χ2v) is 4.68. The predicted octanol–water partition coefficient (Wildman–Crippen LogP) is 3.75. The number of aromatic nitrogens is 2. The number of alkyl halides is 3. The molecule has 1 aromatic carbocycles. The molecule has 0 bridgehead atoms. The number of hydrogen-bond acceptors (Lipinski definition) is 4. The van der Waals surface area contributed by atoms with Gasteiger partial charge in [0.1, 0.15) is 5.75 Å². The van der Waals surface area contributed by atoms with Gasteiger partial charge < -0.3 is 10.1 Å². The average molecular weight is 348 g/mol. The number of rotatable bonds is 4. The molecule has 0 amide bonds. The highest BCUT2D eigenvalue weighted by molar-refractivity contribution is 9.10. The molecule has 1 aromatic heterocycles. The van der Waals surface area contributed by atoms with E-state index in [0.717, 1.165) is 0 Å². The normalized spacial score (nSPS) is 11.2. The Labute approximate surface area is 121 Å². The van der Waals surface area contributed by atoms with Crippen LogP contribution in [0.5, 0.6) is 5.75 Å². The SMILES string of the molecule is FC(F)(F)Oc1cc(Br)cc(CNc2ncccn2)c1. The van der Waals surface area contributed by atoms with Crippen molar-refractivity contribution in [3.8, 4) is 5.75 Å². The Kier molecular flexibility index (Phi) is 4.43. The summed E-state index contributed by atoms with van der Waals surface area (Å²) in [6, 6.07) is 5.89.